The Morgan fingerprint density at radius 3 is 1.92 bits per heavy atom. The van der Waals surface area contributed by atoms with Crippen LogP contribution >= 0.6 is 0 Å². The quantitative estimate of drug-likeness (QED) is 0.170. The Labute approximate surface area is 152 Å². The van der Waals surface area contributed by atoms with Gasteiger partial charge in [0.1, 0.15) is 5.41 Å². The molecule has 0 heterocycles. The van der Waals surface area contributed by atoms with Gasteiger partial charge in [-0.2, -0.15) is 0 Å². The molecule has 0 saturated heterocycles. The maximum Gasteiger partial charge on any atom is 0.333 e. The van der Waals surface area contributed by atoms with E-state index in [9.17, 15) is 4.79 Å². The van der Waals surface area contributed by atoms with Gasteiger partial charge in [-0.15, -0.1) is 13.2 Å². The van der Waals surface area contributed by atoms with Crippen LogP contribution in [0.2, 0.25) is 26.2 Å². The van der Waals surface area contributed by atoms with Gasteiger partial charge in [-0.25, -0.2) is 4.79 Å². The molecule has 0 radical (unpaired) electrons. The minimum atomic E-state index is -1.96. The highest BCUT2D eigenvalue weighted by molar-refractivity contribution is 6.77. The van der Waals surface area contributed by atoms with Gasteiger partial charge in [-0.05, 0) is 52.4 Å². The van der Waals surface area contributed by atoms with Crippen molar-refractivity contribution >= 4 is 32.8 Å². The molecule has 0 spiro atoms. The fourth-order valence-electron chi connectivity index (χ4n) is 2.16. The lowest BCUT2D eigenvalue weighted by atomic mass is 10.2. The summed E-state index contributed by atoms with van der Waals surface area (Å²) in [7, 11) is -3.16. The normalized spacial score (nSPS) is 12.7. The van der Waals surface area contributed by atoms with Crippen LogP contribution in [0.25, 0.3) is 0 Å². The number of rotatable bonds is 12. The van der Waals surface area contributed by atoms with Gasteiger partial charge in [0, 0.05) is 5.57 Å². The van der Waals surface area contributed by atoms with E-state index in [2.05, 4.69) is 45.9 Å². The predicted molar refractivity (Wildman–Crippen MR) is 110 cm³/mol. The molecule has 0 rings (SSSR count). The molecule has 0 aromatic rings. The van der Waals surface area contributed by atoms with Crippen molar-refractivity contribution in [1.29, 1.82) is 0 Å². The van der Waals surface area contributed by atoms with Gasteiger partial charge in [0.15, 0.2) is 0 Å². The molecule has 0 fully saturated rings. The van der Waals surface area contributed by atoms with Gasteiger partial charge in [0.25, 0.3) is 0 Å². The summed E-state index contributed by atoms with van der Waals surface area (Å²) in [5, 5.41) is 0. The van der Waals surface area contributed by atoms with Crippen LogP contribution in [0.5, 0.6) is 0 Å². The van der Waals surface area contributed by atoms with E-state index in [1.165, 1.54) is 0 Å². The van der Waals surface area contributed by atoms with E-state index in [-0.39, 0.29) is 5.97 Å². The van der Waals surface area contributed by atoms with Crippen LogP contribution in [-0.2, 0) is 18.4 Å². The summed E-state index contributed by atoms with van der Waals surface area (Å²) in [4.78, 5) is 11.4. The molecule has 0 amide bonds. The summed E-state index contributed by atoms with van der Waals surface area (Å²) in [6.45, 7) is 21.9. The molecule has 4 nitrogen and oxygen atoms in total. The summed E-state index contributed by atoms with van der Waals surface area (Å²) in [5.74, 6) is -0.333. The summed E-state index contributed by atoms with van der Waals surface area (Å²) in [6, 6.07) is 0. The standard InChI is InChI=1S/C17H34O4Si3/c1-9-23(5,6)20-17(22,21-24(7,8)10-2)13-11-12-14-19-16(18)15(3)4/h9-10H,1-3,11-14H2,4-8,22H3. The van der Waals surface area contributed by atoms with Crippen molar-refractivity contribution in [3.63, 3.8) is 0 Å². The fraction of sp³-hybridized carbons (Fsp3) is 0.588. The lowest BCUT2D eigenvalue weighted by Gasteiger charge is -2.41. The van der Waals surface area contributed by atoms with Crippen LogP contribution in [0.4, 0.5) is 0 Å². The first-order valence-corrected chi connectivity index (χ1v) is 15.3. The number of ether oxygens (including phenoxy) is 1. The zero-order chi connectivity index (χ0) is 19.0. The molecule has 138 valence electrons. The summed E-state index contributed by atoms with van der Waals surface area (Å²) in [5.41, 5.74) is 3.75. The Hall–Kier alpha value is -0.739. The molecule has 0 aromatic heterocycles. The first-order chi connectivity index (χ1) is 10.9. The van der Waals surface area contributed by atoms with Crippen LogP contribution in [0.3, 0.4) is 0 Å². The molecule has 0 atom stereocenters. The third-order valence-corrected chi connectivity index (χ3v) is 9.15. The molecule has 0 saturated carbocycles. The molecule has 0 N–H and O–H groups in total. The highest BCUT2D eigenvalue weighted by Crippen LogP contribution is 2.27. The van der Waals surface area contributed by atoms with E-state index in [0.717, 1.165) is 29.5 Å². The molecule has 0 bridgehead atoms. The number of carbonyl (C=O) groups is 1. The second kappa shape index (κ2) is 9.67. The lowest BCUT2D eigenvalue weighted by molar-refractivity contribution is -0.139. The number of esters is 1. The average molecular weight is 387 g/mol. The first-order valence-electron chi connectivity index (χ1n) is 8.36. The van der Waals surface area contributed by atoms with Crippen LogP contribution in [0, 0.1) is 0 Å². The van der Waals surface area contributed by atoms with Crippen molar-refractivity contribution in [2.24, 2.45) is 0 Å². The van der Waals surface area contributed by atoms with Crippen molar-refractivity contribution in [2.45, 2.75) is 57.8 Å². The smallest absolute Gasteiger partial charge is 0.333 e. The summed E-state index contributed by atoms with van der Waals surface area (Å²) in [6.07, 6.45) is 2.44. The molecule has 0 aliphatic heterocycles. The van der Waals surface area contributed by atoms with Gasteiger partial charge >= 0.3 is 5.97 Å². The van der Waals surface area contributed by atoms with Gasteiger partial charge in [0.05, 0.1) is 16.8 Å². The zero-order valence-electron chi connectivity index (χ0n) is 16.2. The summed E-state index contributed by atoms with van der Waals surface area (Å²) < 4.78 is 17.9. The second-order valence-corrected chi connectivity index (χ2v) is 16.5. The zero-order valence-corrected chi connectivity index (χ0v) is 20.2. The van der Waals surface area contributed by atoms with E-state index in [4.69, 9.17) is 13.6 Å². The Morgan fingerprint density at radius 1 is 1.08 bits per heavy atom. The Bertz CT molecular complexity index is 450. The molecular weight excluding hydrogens is 352 g/mol. The van der Waals surface area contributed by atoms with Crippen molar-refractivity contribution in [3.8, 4) is 0 Å². The number of unbranched alkanes of at least 4 members (excludes halogenated alkanes) is 1. The average Bonchev–Trinajstić information content (AvgIpc) is 2.45. The SMILES string of the molecule is C=C[Si](C)(C)OC([SiH3])(CCCCOC(=O)C(=C)C)O[Si](C)(C)C=C. The maximum atomic E-state index is 11.4. The predicted octanol–water partition coefficient (Wildman–Crippen LogP) is 3.19. The van der Waals surface area contributed by atoms with Gasteiger partial charge in [0.2, 0.25) is 16.6 Å². The maximum absolute atomic E-state index is 11.4. The topological polar surface area (TPSA) is 44.8 Å². The molecule has 0 aliphatic rings. The highest BCUT2D eigenvalue weighted by atomic mass is 28.4. The second-order valence-electron chi connectivity index (χ2n) is 7.33. The van der Waals surface area contributed by atoms with Gasteiger partial charge < -0.3 is 13.6 Å². The Balaban J connectivity index is 4.72. The van der Waals surface area contributed by atoms with Crippen molar-refractivity contribution in [2.75, 3.05) is 6.61 Å². The van der Waals surface area contributed by atoms with E-state index in [0.29, 0.717) is 12.2 Å². The summed E-state index contributed by atoms with van der Waals surface area (Å²) >= 11 is 0. The van der Waals surface area contributed by atoms with Crippen LogP contribution in [0.15, 0.2) is 36.7 Å². The molecule has 7 heteroatoms. The first kappa shape index (κ1) is 23.3. The molecule has 0 aromatic carbocycles. The fourth-order valence-corrected chi connectivity index (χ4v) is 8.43. The third-order valence-electron chi connectivity index (χ3n) is 3.55. The van der Waals surface area contributed by atoms with E-state index < -0.39 is 22.0 Å². The highest BCUT2D eigenvalue weighted by Gasteiger charge is 2.37. The Morgan fingerprint density at radius 2 is 1.54 bits per heavy atom. The molecular formula is C17H34O4Si3. The van der Waals surface area contributed by atoms with Crippen LogP contribution < -0.4 is 0 Å². The van der Waals surface area contributed by atoms with Crippen molar-refractivity contribution in [3.05, 3.63) is 36.7 Å². The van der Waals surface area contributed by atoms with E-state index in [1.54, 1.807) is 6.92 Å². The molecule has 0 aliphatic carbocycles. The lowest BCUT2D eigenvalue weighted by Crippen LogP contribution is -2.51. The number of hydrogen-bond donors (Lipinski definition) is 0. The Kier molecular flexibility index (Phi) is 9.37. The number of carbonyl (C=O) groups excluding carboxylic acids is 1. The molecule has 24 heavy (non-hydrogen) atoms. The monoisotopic (exact) mass is 386 g/mol. The minimum absolute atomic E-state index is 0.333. The van der Waals surface area contributed by atoms with Gasteiger partial charge in [-0.3, -0.25) is 0 Å². The van der Waals surface area contributed by atoms with Crippen LogP contribution in [-0.4, -0.2) is 44.9 Å². The van der Waals surface area contributed by atoms with Gasteiger partial charge in [-0.1, -0.05) is 18.0 Å². The van der Waals surface area contributed by atoms with E-state index >= 15 is 0 Å². The molecule has 0 unspecified atom stereocenters. The van der Waals surface area contributed by atoms with E-state index in [1.807, 2.05) is 11.4 Å². The minimum Gasteiger partial charge on any atom is -0.462 e. The van der Waals surface area contributed by atoms with Crippen molar-refractivity contribution < 1.29 is 18.4 Å². The largest absolute Gasteiger partial charge is 0.462 e. The number of hydrogen-bond acceptors (Lipinski definition) is 4. The van der Waals surface area contributed by atoms with Crippen LogP contribution in [0.1, 0.15) is 26.2 Å². The van der Waals surface area contributed by atoms with Crippen molar-refractivity contribution in [1.82, 2.24) is 0 Å². The third kappa shape index (κ3) is 9.53.